The number of hydrogen-bond donors (Lipinski definition) is 2. The molecule has 0 aliphatic heterocycles. The average molecular weight is 527 g/mol. The Morgan fingerprint density at radius 2 is 1.64 bits per heavy atom. The Morgan fingerprint density at radius 1 is 1.00 bits per heavy atom. The molecule has 39 heavy (non-hydrogen) atoms. The van der Waals surface area contributed by atoms with Crippen LogP contribution in [0.3, 0.4) is 0 Å². The van der Waals surface area contributed by atoms with Gasteiger partial charge in [-0.05, 0) is 76.5 Å². The van der Waals surface area contributed by atoms with E-state index in [0.29, 0.717) is 18.0 Å². The van der Waals surface area contributed by atoms with Crippen molar-refractivity contribution in [3.63, 3.8) is 0 Å². The number of hydrogen-bond acceptors (Lipinski definition) is 4. The Labute approximate surface area is 233 Å². The summed E-state index contributed by atoms with van der Waals surface area (Å²) in [6, 6.07) is 20.8. The monoisotopic (exact) mass is 526 g/mol. The van der Waals surface area contributed by atoms with Gasteiger partial charge in [0.25, 0.3) is 0 Å². The Hall–Kier alpha value is -3.51. The largest absolute Gasteiger partial charge is 0.338 e. The predicted molar refractivity (Wildman–Crippen MR) is 159 cm³/mol. The van der Waals surface area contributed by atoms with Crippen LogP contribution in [0, 0.1) is 5.92 Å². The summed E-state index contributed by atoms with van der Waals surface area (Å²) < 4.78 is 0. The van der Waals surface area contributed by atoms with Crippen LogP contribution in [0.1, 0.15) is 72.3 Å². The maximum absolute atomic E-state index is 13.0. The zero-order chi connectivity index (χ0) is 28.2. The zero-order valence-electron chi connectivity index (χ0n) is 23.9. The summed E-state index contributed by atoms with van der Waals surface area (Å²) in [7, 11) is 0. The van der Waals surface area contributed by atoms with E-state index >= 15 is 0 Å². The van der Waals surface area contributed by atoms with E-state index in [0.717, 1.165) is 53.6 Å². The van der Waals surface area contributed by atoms with Gasteiger partial charge in [-0.1, -0.05) is 54.6 Å². The highest BCUT2D eigenvalue weighted by Crippen LogP contribution is 2.34. The lowest BCUT2D eigenvalue weighted by atomic mass is 9.83. The second-order valence-electron chi connectivity index (χ2n) is 11.7. The van der Waals surface area contributed by atoms with E-state index in [-0.39, 0.29) is 23.9 Å². The molecule has 206 valence electrons. The quantitative estimate of drug-likeness (QED) is 0.340. The van der Waals surface area contributed by atoms with Crippen LogP contribution in [-0.2, 0) is 15.1 Å². The molecule has 2 amide bonds. The van der Waals surface area contributed by atoms with Gasteiger partial charge in [0.15, 0.2) is 0 Å². The SMILES string of the molecule is CC(=O)N(C(C)C)[C@H]1CC[C@H](CC(=O)Nc2cnc(-c3ccc(C(C)(C)N)cc3)c(-c3ccccc3)c2)CC1. The van der Waals surface area contributed by atoms with Crippen molar-refractivity contribution in [2.45, 2.75) is 84.3 Å². The highest BCUT2D eigenvalue weighted by Gasteiger charge is 2.29. The van der Waals surface area contributed by atoms with Gasteiger partial charge in [0.2, 0.25) is 11.8 Å². The number of benzene rings is 2. The highest BCUT2D eigenvalue weighted by molar-refractivity contribution is 5.93. The minimum atomic E-state index is -0.414. The van der Waals surface area contributed by atoms with Gasteiger partial charge in [0, 0.05) is 42.1 Å². The maximum Gasteiger partial charge on any atom is 0.224 e. The maximum atomic E-state index is 13.0. The van der Waals surface area contributed by atoms with Crippen LogP contribution in [0.5, 0.6) is 0 Å². The number of aromatic nitrogens is 1. The van der Waals surface area contributed by atoms with Crippen molar-refractivity contribution < 1.29 is 9.59 Å². The minimum absolute atomic E-state index is 0.00817. The van der Waals surface area contributed by atoms with Gasteiger partial charge in [-0.2, -0.15) is 0 Å². The van der Waals surface area contributed by atoms with Crippen LogP contribution < -0.4 is 11.1 Å². The molecule has 1 fully saturated rings. The van der Waals surface area contributed by atoms with Crippen molar-refractivity contribution in [2.75, 3.05) is 5.32 Å². The molecule has 3 aromatic rings. The van der Waals surface area contributed by atoms with Gasteiger partial charge in [-0.15, -0.1) is 0 Å². The fraction of sp³-hybridized carbons (Fsp3) is 0.424. The molecule has 2 aromatic carbocycles. The number of pyridine rings is 1. The molecule has 1 aliphatic rings. The molecule has 4 rings (SSSR count). The molecule has 1 saturated carbocycles. The fourth-order valence-electron chi connectivity index (χ4n) is 5.80. The smallest absolute Gasteiger partial charge is 0.224 e. The van der Waals surface area contributed by atoms with Gasteiger partial charge in [-0.25, -0.2) is 0 Å². The van der Waals surface area contributed by atoms with Crippen LogP contribution in [0.4, 0.5) is 5.69 Å². The molecular weight excluding hydrogens is 484 g/mol. The van der Waals surface area contributed by atoms with Crippen molar-refractivity contribution in [3.8, 4) is 22.4 Å². The van der Waals surface area contributed by atoms with Crippen LogP contribution in [0.2, 0.25) is 0 Å². The van der Waals surface area contributed by atoms with Gasteiger partial charge < -0.3 is 16.0 Å². The van der Waals surface area contributed by atoms with Crippen molar-refractivity contribution >= 4 is 17.5 Å². The van der Waals surface area contributed by atoms with Gasteiger partial charge in [-0.3, -0.25) is 14.6 Å². The number of carbonyl (C=O) groups is 2. The highest BCUT2D eigenvalue weighted by atomic mass is 16.2. The lowest BCUT2D eigenvalue weighted by Crippen LogP contribution is -2.45. The Morgan fingerprint density at radius 3 is 2.21 bits per heavy atom. The first-order valence-electron chi connectivity index (χ1n) is 14.1. The van der Waals surface area contributed by atoms with E-state index in [9.17, 15) is 9.59 Å². The van der Waals surface area contributed by atoms with Crippen LogP contribution >= 0.6 is 0 Å². The molecule has 6 nitrogen and oxygen atoms in total. The number of nitrogens with one attached hydrogen (secondary N) is 1. The topological polar surface area (TPSA) is 88.3 Å². The molecule has 0 unspecified atom stereocenters. The van der Waals surface area contributed by atoms with E-state index in [1.807, 2.05) is 55.1 Å². The summed E-state index contributed by atoms with van der Waals surface area (Å²) in [5.41, 5.74) is 11.5. The van der Waals surface area contributed by atoms with Crippen molar-refractivity contribution in [1.82, 2.24) is 9.88 Å². The summed E-state index contributed by atoms with van der Waals surface area (Å²) in [5.74, 6) is 0.470. The summed E-state index contributed by atoms with van der Waals surface area (Å²) in [6.07, 6.45) is 6.03. The number of nitrogens with zero attached hydrogens (tertiary/aromatic N) is 2. The third-order valence-corrected chi connectivity index (χ3v) is 7.76. The van der Waals surface area contributed by atoms with Crippen molar-refractivity contribution in [1.29, 1.82) is 0 Å². The van der Waals surface area contributed by atoms with E-state index in [1.165, 1.54) is 0 Å². The molecule has 0 bridgehead atoms. The number of rotatable bonds is 8. The Bertz CT molecular complexity index is 1270. The molecular formula is C33H42N4O2. The average Bonchev–Trinajstić information content (AvgIpc) is 2.89. The predicted octanol–water partition coefficient (Wildman–Crippen LogP) is 6.75. The van der Waals surface area contributed by atoms with E-state index < -0.39 is 5.54 Å². The number of amides is 2. The summed E-state index contributed by atoms with van der Waals surface area (Å²) >= 11 is 0. The summed E-state index contributed by atoms with van der Waals surface area (Å²) in [4.78, 5) is 31.9. The molecule has 0 radical (unpaired) electrons. The molecule has 1 aromatic heterocycles. The second-order valence-corrected chi connectivity index (χ2v) is 11.7. The first kappa shape index (κ1) is 28.5. The van der Waals surface area contributed by atoms with Crippen LogP contribution in [0.15, 0.2) is 66.9 Å². The van der Waals surface area contributed by atoms with E-state index in [2.05, 4.69) is 43.4 Å². The number of nitrogens with two attached hydrogens (primary N) is 1. The molecule has 3 N–H and O–H groups in total. The van der Waals surface area contributed by atoms with Gasteiger partial charge in [0.05, 0.1) is 17.6 Å². The number of carbonyl (C=O) groups excluding carboxylic acids is 2. The first-order valence-corrected chi connectivity index (χ1v) is 14.1. The third-order valence-electron chi connectivity index (χ3n) is 7.76. The molecule has 0 atom stereocenters. The first-order chi connectivity index (χ1) is 18.5. The Kier molecular flexibility index (Phi) is 8.86. The minimum Gasteiger partial charge on any atom is -0.338 e. The number of anilines is 1. The van der Waals surface area contributed by atoms with E-state index in [1.54, 1.807) is 13.1 Å². The van der Waals surface area contributed by atoms with Crippen LogP contribution in [0.25, 0.3) is 22.4 Å². The lowest BCUT2D eigenvalue weighted by molar-refractivity contribution is -0.134. The summed E-state index contributed by atoms with van der Waals surface area (Å²) in [5, 5.41) is 3.10. The zero-order valence-corrected chi connectivity index (χ0v) is 23.9. The molecule has 1 heterocycles. The third kappa shape index (κ3) is 7.12. The van der Waals surface area contributed by atoms with Crippen molar-refractivity contribution in [3.05, 3.63) is 72.4 Å². The second kappa shape index (κ2) is 12.1. The standard InChI is InChI=1S/C33H42N4O2/c1-22(2)37(23(3)38)29-17-11-24(12-18-29)19-31(39)36-28-20-30(25-9-7-6-8-10-25)32(35-21-28)26-13-15-27(16-14-26)33(4,5)34/h6-10,13-16,20-22,24,29H,11-12,17-19,34H2,1-5H3,(H,36,39)/t24-,29-. The van der Waals surface area contributed by atoms with E-state index in [4.69, 9.17) is 10.7 Å². The van der Waals surface area contributed by atoms with Gasteiger partial charge in [0.1, 0.15) is 0 Å². The molecule has 0 spiro atoms. The molecule has 6 heteroatoms. The molecule has 1 aliphatic carbocycles. The molecule has 0 saturated heterocycles. The Balaban J connectivity index is 1.47. The van der Waals surface area contributed by atoms with Crippen molar-refractivity contribution in [2.24, 2.45) is 11.7 Å². The van der Waals surface area contributed by atoms with Crippen LogP contribution in [-0.4, -0.2) is 33.8 Å². The lowest BCUT2D eigenvalue weighted by Gasteiger charge is -2.38. The fourth-order valence-corrected chi connectivity index (χ4v) is 5.80. The van der Waals surface area contributed by atoms with Gasteiger partial charge >= 0.3 is 0 Å². The summed E-state index contributed by atoms with van der Waals surface area (Å²) in [6.45, 7) is 9.77. The normalized spacial score (nSPS) is 17.6.